The highest BCUT2D eigenvalue weighted by Gasteiger charge is 2.38. The number of hydrogen-bond donors (Lipinski definition) is 0. The lowest BCUT2D eigenvalue weighted by molar-refractivity contribution is -0.156. The molecule has 1 fully saturated rings. The third-order valence-corrected chi connectivity index (χ3v) is 7.74. The minimum atomic E-state index is -4.83. The SMILES string of the molecule is O=C(N1CCS(=O)(=O)CC1)N(Cc1ccc(-c2nnc(C(F)(F)F)o2)cc1F)c1ccc2c(c1)CCO2. The summed E-state index contributed by atoms with van der Waals surface area (Å²) in [5.41, 5.74) is 1.37. The van der Waals surface area contributed by atoms with E-state index in [0.717, 1.165) is 11.6 Å². The van der Waals surface area contributed by atoms with E-state index < -0.39 is 39.6 Å². The third-order valence-electron chi connectivity index (χ3n) is 6.13. The number of halogens is 4. The highest BCUT2D eigenvalue weighted by Crippen LogP contribution is 2.33. The van der Waals surface area contributed by atoms with Gasteiger partial charge in [-0.25, -0.2) is 17.6 Å². The first-order valence-corrected chi connectivity index (χ1v) is 13.0. The molecule has 9 nitrogen and oxygen atoms in total. The van der Waals surface area contributed by atoms with Crippen molar-refractivity contribution in [2.24, 2.45) is 0 Å². The molecule has 2 aliphatic heterocycles. The number of carbonyl (C=O) groups excluding carboxylic acids is 1. The number of carbonyl (C=O) groups is 1. The summed E-state index contributed by atoms with van der Waals surface area (Å²) >= 11 is 0. The second-order valence-electron chi connectivity index (χ2n) is 8.61. The van der Waals surface area contributed by atoms with E-state index in [1.807, 2.05) is 0 Å². The van der Waals surface area contributed by atoms with Crippen molar-refractivity contribution in [3.63, 3.8) is 0 Å². The molecular formula is C23H20F4N4O5S. The number of fused-ring (bicyclic) bond motifs is 1. The maximum Gasteiger partial charge on any atom is 0.470 e. The average Bonchev–Trinajstić information content (AvgIpc) is 3.52. The third kappa shape index (κ3) is 5.24. The van der Waals surface area contributed by atoms with Crippen LogP contribution in [0.15, 0.2) is 40.8 Å². The normalized spacial score (nSPS) is 16.8. The van der Waals surface area contributed by atoms with Crippen molar-refractivity contribution < 1.29 is 39.9 Å². The summed E-state index contributed by atoms with van der Waals surface area (Å²) in [5, 5.41) is 6.27. The fraction of sp³-hybridized carbons (Fsp3) is 0.348. The minimum absolute atomic E-state index is 0.00579. The van der Waals surface area contributed by atoms with Gasteiger partial charge in [-0.2, -0.15) is 13.2 Å². The van der Waals surface area contributed by atoms with E-state index in [4.69, 9.17) is 4.74 Å². The highest BCUT2D eigenvalue weighted by atomic mass is 32.2. The number of nitrogens with zero attached hydrogens (tertiary/aromatic N) is 4. The molecule has 2 amide bonds. The molecule has 3 aromatic rings. The van der Waals surface area contributed by atoms with Crippen molar-refractivity contribution in [1.82, 2.24) is 15.1 Å². The van der Waals surface area contributed by atoms with E-state index in [1.54, 1.807) is 18.2 Å². The Hall–Kier alpha value is -3.68. The summed E-state index contributed by atoms with van der Waals surface area (Å²) in [5.74, 6) is -2.50. The molecule has 0 bridgehead atoms. The molecule has 37 heavy (non-hydrogen) atoms. The summed E-state index contributed by atoms with van der Waals surface area (Å²) in [7, 11) is -3.23. The Bertz CT molecular complexity index is 1440. The Morgan fingerprint density at radius 1 is 1.08 bits per heavy atom. The number of urea groups is 1. The molecule has 1 saturated heterocycles. The number of rotatable bonds is 4. The number of amides is 2. The van der Waals surface area contributed by atoms with Gasteiger partial charge in [0, 0.05) is 36.3 Å². The van der Waals surface area contributed by atoms with Crippen LogP contribution < -0.4 is 9.64 Å². The van der Waals surface area contributed by atoms with Gasteiger partial charge in [-0.1, -0.05) is 6.07 Å². The summed E-state index contributed by atoms with van der Waals surface area (Å²) < 4.78 is 87.2. The number of benzene rings is 2. The van der Waals surface area contributed by atoms with Crippen molar-refractivity contribution in [2.45, 2.75) is 19.1 Å². The molecule has 2 aromatic carbocycles. The number of anilines is 1. The van der Waals surface area contributed by atoms with Gasteiger partial charge in [0.2, 0.25) is 5.89 Å². The van der Waals surface area contributed by atoms with Gasteiger partial charge in [-0.15, -0.1) is 10.2 Å². The Kier molecular flexibility index (Phi) is 6.30. The Labute approximate surface area is 208 Å². The molecule has 1 aromatic heterocycles. The largest absolute Gasteiger partial charge is 0.493 e. The van der Waals surface area contributed by atoms with Crippen LogP contribution in [0.4, 0.5) is 28.0 Å². The molecular weight excluding hydrogens is 520 g/mol. The first-order chi connectivity index (χ1) is 17.5. The predicted molar refractivity (Wildman–Crippen MR) is 122 cm³/mol. The van der Waals surface area contributed by atoms with Gasteiger partial charge in [0.25, 0.3) is 0 Å². The van der Waals surface area contributed by atoms with Crippen LogP contribution in [0.25, 0.3) is 11.5 Å². The van der Waals surface area contributed by atoms with Crippen LogP contribution in [0, 0.1) is 5.82 Å². The lowest BCUT2D eigenvalue weighted by Gasteiger charge is -2.33. The average molecular weight is 540 g/mol. The Balaban J connectivity index is 1.44. The van der Waals surface area contributed by atoms with E-state index in [9.17, 15) is 26.4 Å². The number of sulfone groups is 1. The second kappa shape index (κ2) is 9.32. The van der Waals surface area contributed by atoms with Crippen LogP contribution in [0.1, 0.15) is 17.0 Å². The number of hydrogen-bond acceptors (Lipinski definition) is 7. The summed E-state index contributed by atoms with van der Waals surface area (Å²) in [6.45, 7) is 0.293. The number of aromatic nitrogens is 2. The molecule has 3 heterocycles. The number of ether oxygens (including phenoxy) is 1. The van der Waals surface area contributed by atoms with Crippen LogP contribution in [-0.4, -0.2) is 60.7 Å². The van der Waals surface area contributed by atoms with E-state index in [2.05, 4.69) is 14.6 Å². The fourth-order valence-corrected chi connectivity index (χ4v) is 5.32. The van der Waals surface area contributed by atoms with Gasteiger partial charge >= 0.3 is 18.1 Å². The molecule has 0 atom stereocenters. The zero-order valence-corrected chi connectivity index (χ0v) is 20.0. The molecule has 0 spiro atoms. The summed E-state index contributed by atoms with van der Waals surface area (Å²) in [6, 6.07) is 8.24. The van der Waals surface area contributed by atoms with Crippen LogP contribution in [0.5, 0.6) is 5.75 Å². The van der Waals surface area contributed by atoms with E-state index in [-0.39, 0.29) is 42.3 Å². The molecule has 0 unspecified atom stereocenters. The van der Waals surface area contributed by atoms with Crippen LogP contribution in [0.3, 0.4) is 0 Å². The summed E-state index contributed by atoms with van der Waals surface area (Å²) in [6.07, 6.45) is -4.19. The molecule has 14 heteroatoms. The smallest absolute Gasteiger partial charge is 0.470 e. The van der Waals surface area contributed by atoms with Gasteiger partial charge in [0.1, 0.15) is 11.6 Å². The monoisotopic (exact) mass is 540 g/mol. The van der Waals surface area contributed by atoms with Crippen LogP contribution in [-0.2, 0) is 29.0 Å². The van der Waals surface area contributed by atoms with Crippen LogP contribution in [0.2, 0.25) is 0 Å². The van der Waals surface area contributed by atoms with Gasteiger partial charge in [-0.05, 0) is 35.9 Å². The number of alkyl halides is 3. The second-order valence-corrected chi connectivity index (χ2v) is 10.9. The quantitative estimate of drug-likeness (QED) is 0.465. The molecule has 0 N–H and O–H groups in total. The standard InChI is InChI=1S/C23H20F4N4O5S/c24-18-12-15(20-28-29-21(36-20)23(25,26)27)1-2-16(18)13-31(17-3-4-19-14(11-17)5-8-35-19)22(32)30-6-9-37(33,34)10-7-30/h1-4,11-12H,5-10,13H2. The molecule has 0 radical (unpaired) electrons. The topological polar surface area (TPSA) is 106 Å². The Morgan fingerprint density at radius 3 is 2.51 bits per heavy atom. The van der Waals surface area contributed by atoms with Crippen LogP contribution >= 0.6 is 0 Å². The zero-order chi connectivity index (χ0) is 26.4. The van der Waals surface area contributed by atoms with E-state index in [0.29, 0.717) is 24.5 Å². The summed E-state index contributed by atoms with van der Waals surface area (Å²) in [4.78, 5) is 16.2. The van der Waals surface area contributed by atoms with Crippen molar-refractivity contribution >= 4 is 21.6 Å². The van der Waals surface area contributed by atoms with E-state index >= 15 is 4.39 Å². The van der Waals surface area contributed by atoms with Crippen molar-refractivity contribution in [3.05, 3.63) is 59.2 Å². The van der Waals surface area contributed by atoms with E-state index in [1.165, 1.54) is 21.9 Å². The van der Waals surface area contributed by atoms with Crippen molar-refractivity contribution in [3.8, 4) is 17.2 Å². The fourth-order valence-electron chi connectivity index (χ4n) is 4.12. The molecule has 196 valence electrons. The van der Waals surface area contributed by atoms with Crippen molar-refractivity contribution in [1.29, 1.82) is 0 Å². The highest BCUT2D eigenvalue weighted by molar-refractivity contribution is 7.91. The molecule has 0 aliphatic carbocycles. The van der Waals surface area contributed by atoms with Crippen molar-refractivity contribution in [2.75, 3.05) is 36.1 Å². The first-order valence-electron chi connectivity index (χ1n) is 11.2. The zero-order valence-electron chi connectivity index (χ0n) is 19.2. The molecule has 0 saturated carbocycles. The molecule has 5 rings (SSSR count). The Morgan fingerprint density at radius 2 is 1.84 bits per heavy atom. The van der Waals surface area contributed by atoms with Gasteiger partial charge < -0.3 is 14.1 Å². The van der Waals surface area contributed by atoms with Gasteiger partial charge in [0.05, 0.1) is 24.7 Å². The molecule has 2 aliphatic rings. The van der Waals surface area contributed by atoms with Gasteiger partial charge in [0.15, 0.2) is 9.84 Å². The minimum Gasteiger partial charge on any atom is -0.493 e. The maximum atomic E-state index is 15.1. The lowest BCUT2D eigenvalue weighted by atomic mass is 10.1. The first kappa shape index (κ1) is 25.0. The predicted octanol–water partition coefficient (Wildman–Crippen LogP) is 3.69. The lowest BCUT2D eigenvalue weighted by Crippen LogP contribution is -2.49. The van der Waals surface area contributed by atoms with Gasteiger partial charge in [-0.3, -0.25) is 4.90 Å². The maximum absolute atomic E-state index is 15.1.